The molecule has 2 amide bonds. The van der Waals surface area contributed by atoms with Gasteiger partial charge in [0, 0.05) is 12.2 Å². The van der Waals surface area contributed by atoms with Crippen LogP contribution in [0.5, 0.6) is 0 Å². The molecule has 2 saturated carbocycles. The molecule has 0 saturated heterocycles. The molecule has 196 valence electrons. The van der Waals surface area contributed by atoms with Crippen LogP contribution in [0.3, 0.4) is 0 Å². The molecule has 2 rings (SSSR count). The Labute approximate surface area is 207 Å². The van der Waals surface area contributed by atoms with Gasteiger partial charge >= 0.3 is 11.9 Å². The maximum absolute atomic E-state index is 13.9. The van der Waals surface area contributed by atoms with Gasteiger partial charge in [0.05, 0.1) is 24.0 Å². The lowest BCUT2D eigenvalue weighted by molar-refractivity contribution is -0.329. The van der Waals surface area contributed by atoms with Crippen molar-refractivity contribution in [2.24, 2.45) is 10.8 Å². The van der Waals surface area contributed by atoms with Crippen LogP contribution < -0.4 is 0 Å². The van der Waals surface area contributed by atoms with Gasteiger partial charge in [0.15, 0.2) is 0 Å². The zero-order chi connectivity index (χ0) is 25.9. The second-order valence-electron chi connectivity index (χ2n) is 9.05. The predicted molar refractivity (Wildman–Crippen MR) is 125 cm³/mol. The molecule has 10 nitrogen and oxygen atoms in total. The molecular formula is C25H38N2O8. The van der Waals surface area contributed by atoms with E-state index in [2.05, 4.69) is 13.2 Å². The van der Waals surface area contributed by atoms with Crippen molar-refractivity contribution in [3.63, 3.8) is 0 Å². The first-order chi connectivity index (χ1) is 16.8. The first-order valence-electron chi connectivity index (χ1n) is 12.4. The Balaban J connectivity index is 2.46. The molecule has 0 N–H and O–H groups in total. The third kappa shape index (κ3) is 7.14. The molecule has 0 aromatic heterocycles. The lowest BCUT2D eigenvalue weighted by Gasteiger charge is -2.46. The second kappa shape index (κ2) is 13.4. The number of hydroxylamine groups is 4. The fourth-order valence-corrected chi connectivity index (χ4v) is 5.15. The van der Waals surface area contributed by atoms with Crippen molar-refractivity contribution in [3.05, 3.63) is 25.3 Å². The van der Waals surface area contributed by atoms with E-state index in [9.17, 15) is 19.2 Å². The summed E-state index contributed by atoms with van der Waals surface area (Å²) in [5, 5.41) is 1.29. The SMILES string of the molecule is C=CC(=O)ON(OCC)C(=O)C1(CC2(C(=O)N(OCC)OC(=O)C=C)CCCCC2)CCCCC1. The van der Waals surface area contributed by atoms with Crippen LogP contribution in [0.1, 0.15) is 84.5 Å². The third-order valence-electron chi connectivity index (χ3n) is 6.71. The fraction of sp³-hybridized carbons (Fsp3) is 0.680. The molecule has 10 heteroatoms. The molecule has 2 aliphatic rings. The average molecular weight is 495 g/mol. The highest BCUT2D eigenvalue weighted by atomic mass is 17.0. The van der Waals surface area contributed by atoms with Gasteiger partial charge in [0.2, 0.25) is 0 Å². The summed E-state index contributed by atoms with van der Waals surface area (Å²) in [5.74, 6) is -2.64. The number of rotatable bonds is 10. The van der Waals surface area contributed by atoms with E-state index in [4.69, 9.17) is 19.4 Å². The average Bonchev–Trinajstić information content (AvgIpc) is 2.88. The minimum absolute atomic E-state index is 0.103. The Morgan fingerprint density at radius 2 is 1.03 bits per heavy atom. The fourth-order valence-electron chi connectivity index (χ4n) is 5.15. The summed E-state index contributed by atoms with van der Waals surface area (Å²) in [7, 11) is 0. The molecule has 0 aromatic rings. The molecule has 2 fully saturated rings. The van der Waals surface area contributed by atoms with Crippen LogP contribution in [0.4, 0.5) is 0 Å². The topological polar surface area (TPSA) is 112 Å². The number of hydrogen-bond donors (Lipinski definition) is 0. The number of nitrogens with zero attached hydrogens (tertiary/aromatic N) is 2. The summed E-state index contributed by atoms with van der Waals surface area (Å²) in [4.78, 5) is 72.5. The van der Waals surface area contributed by atoms with Gasteiger partial charge in [0.1, 0.15) is 0 Å². The van der Waals surface area contributed by atoms with E-state index in [1.807, 2.05) is 0 Å². The van der Waals surface area contributed by atoms with E-state index >= 15 is 0 Å². The quantitative estimate of drug-likeness (QED) is 0.329. The summed E-state index contributed by atoms with van der Waals surface area (Å²) in [5.41, 5.74) is -2.00. The Kier molecular flexibility index (Phi) is 10.9. The van der Waals surface area contributed by atoms with Gasteiger partial charge in [-0.25, -0.2) is 19.3 Å². The van der Waals surface area contributed by atoms with E-state index in [0.717, 1.165) is 50.7 Å². The molecule has 0 radical (unpaired) electrons. The summed E-state index contributed by atoms with van der Waals surface area (Å²) in [6.45, 7) is 10.3. The van der Waals surface area contributed by atoms with Crippen molar-refractivity contribution >= 4 is 23.8 Å². The summed E-state index contributed by atoms with van der Waals surface area (Å²) in [6.07, 6.45) is 9.19. The van der Waals surface area contributed by atoms with Gasteiger partial charge in [-0.15, -0.1) is 0 Å². The zero-order valence-corrected chi connectivity index (χ0v) is 20.9. The highest BCUT2D eigenvalue weighted by Gasteiger charge is 2.54. The van der Waals surface area contributed by atoms with E-state index < -0.39 is 34.6 Å². The van der Waals surface area contributed by atoms with E-state index in [1.165, 1.54) is 0 Å². The Hall–Kier alpha value is -2.72. The number of hydrogen-bond acceptors (Lipinski definition) is 8. The molecule has 2 aliphatic carbocycles. The van der Waals surface area contributed by atoms with Crippen molar-refractivity contribution in [2.75, 3.05) is 13.2 Å². The van der Waals surface area contributed by atoms with Crippen molar-refractivity contribution in [2.45, 2.75) is 84.5 Å². The smallest absolute Gasteiger partial charge is 0.307 e. The maximum Gasteiger partial charge on any atom is 0.358 e. The minimum Gasteiger partial charge on any atom is -0.307 e. The van der Waals surface area contributed by atoms with Crippen molar-refractivity contribution in [1.82, 2.24) is 10.5 Å². The first kappa shape index (κ1) is 28.5. The highest BCUT2D eigenvalue weighted by molar-refractivity contribution is 5.88. The summed E-state index contributed by atoms with van der Waals surface area (Å²) >= 11 is 0. The molecule has 0 spiro atoms. The van der Waals surface area contributed by atoms with Crippen molar-refractivity contribution < 1.29 is 38.5 Å². The van der Waals surface area contributed by atoms with Crippen LogP contribution in [0, 0.1) is 10.8 Å². The van der Waals surface area contributed by atoms with Crippen LogP contribution in [0.2, 0.25) is 0 Å². The Morgan fingerprint density at radius 1 is 0.686 bits per heavy atom. The van der Waals surface area contributed by atoms with E-state index in [0.29, 0.717) is 36.1 Å². The summed E-state index contributed by atoms with van der Waals surface area (Å²) < 4.78 is 0. The van der Waals surface area contributed by atoms with Gasteiger partial charge in [0.25, 0.3) is 11.8 Å². The number of amides is 2. The van der Waals surface area contributed by atoms with Crippen LogP contribution in [0.15, 0.2) is 25.3 Å². The maximum atomic E-state index is 13.9. The monoisotopic (exact) mass is 494 g/mol. The number of carbonyl (C=O) groups is 4. The van der Waals surface area contributed by atoms with Crippen molar-refractivity contribution in [3.8, 4) is 0 Å². The van der Waals surface area contributed by atoms with Gasteiger partial charge in [-0.3, -0.25) is 9.59 Å². The predicted octanol–water partition coefficient (Wildman–Crippen LogP) is 4.13. The van der Waals surface area contributed by atoms with Crippen LogP contribution in [-0.4, -0.2) is 47.4 Å². The molecule has 0 atom stereocenters. The largest absolute Gasteiger partial charge is 0.358 e. The molecule has 0 aliphatic heterocycles. The lowest BCUT2D eigenvalue weighted by Crippen LogP contribution is -2.53. The number of carbonyl (C=O) groups excluding carboxylic acids is 4. The Morgan fingerprint density at radius 3 is 1.31 bits per heavy atom. The lowest BCUT2D eigenvalue weighted by atomic mass is 9.59. The van der Waals surface area contributed by atoms with Gasteiger partial charge in [-0.1, -0.05) is 51.7 Å². The van der Waals surface area contributed by atoms with Gasteiger partial charge in [-0.05, 0) is 56.4 Å². The Bertz CT molecular complexity index is 720. The molecule has 0 unspecified atom stereocenters. The van der Waals surface area contributed by atoms with Crippen LogP contribution in [0.25, 0.3) is 0 Å². The molecule has 0 bridgehead atoms. The third-order valence-corrected chi connectivity index (χ3v) is 6.71. The normalized spacial score (nSPS) is 18.6. The molecular weight excluding hydrogens is 456 g/mol. The molecule has 0 aromatic carbocycles. The van der Waals surface area contributed by atoms with Gasteiger partial charge < -0.3 is 9.68 Å². The van der Waals surface area contributed by atoms with E-state index in [1.54, 1.807) is 13.8 Å². The zero-order valence-electron chi connectivity index (χ0n) is 20.9. The first-order valence-corrected chi connectivity index (χ1v) is 12.4. The molecule has 0 heterocycles. The molecule has 35 heavy (non-hydrogen) atoms. The van der Waals surface area contributed by atoms with Crippen LogP contribution >= 0.6 is 0 Å². The highest BCUT2D eigenvalue weighted by Crippen LogP contribution is 2.52. The standard InChI is InChI=1S/C25H38N2O8/c1-5-20(28)34-26(32-7-3)22(30)24(15-11-9-12-16-24)19-25(17-13-10-14-18-25)23(31)27(33-8-4)35-21(29)6-2/h5-6H,1-2,7-19H2,3-4H3. The van der Waals surface area contributed by atoms with E-state index in [-0.39, 0.29) is 19.6 Å². The second-order valence-corrected chi connectivity index (χ2v) is 9.05. The van der Waals surface area contributed by atoms with Crippen molar-refractivity contribution in [1.29, 1.82) is 0 Å². The summed E-state index contributed by atoms with van der Waals surface area (Å²) in [6, 6.07) is 0. The van der Waals surface area contributed by atoms with Gasteiger partial charge in [-0.2, -0.15) is 0 Å². The van der Waals surface area contributed by atoms with Crippen LogP contribution in [-0.2, 0) is 38.5 Å². The minimum atomic E-state index is -0.998.